The Morgan fingerprint density at radius 1 is 1.45 bits per heavy atom. The number of rotatable bonds is 1. The highest BCUT2D eigenvalue weighted by molar-refractivity contribution is 5.10. The predicted octanol–water partition coefficient (Wildman–Crippen LogP) is 2.36. The molecule has 0 aromatic rings. The molecule has 1 fully saturated rings. The summed E-state index contributed by atoms with van der Waals surface area (Å²) in [7, 11) is 0. The first-order valence-corrected chi connectivity index (χ1v) is 4.27. The van der Waals surface area contributed by atoms with Gasteiger partial charge in [-0.2, -0.15) is 0 Å². The average Bonchev–Trinajstić information content (AvgIpc) is 2.03. The van der Waals surface area contributed by atoms with Gasteiger partial charge in [-0.15, -0.1) is 6.58 Å². The summed E-state index contributed by atoms with van der Waals surface area (Å²) in [6.45, 7) is 10.1. The fourth-order valence-corrected chi connectivity index (χ4v) is 2.29. The van der Waals surface area contributed by atoms with E-state index in [4.69, 9.17) is 0 Å². The molecule has 1 N–H and O–H groups in total. The van der Waals surface area contributed by atoms with Crippen LogP contribution in [-0.4, -0.2) is 10.7 Å². The minimum atomic E-state index is -0.633. The van der Waals surface area contributed by atoms with Gasteiger partial charge in [0, 0.05) is 0 Å². The van der Waals surface area contributed by atoms with Gasteiger partial charge in [0.2, 0.25) is 0 Å². The number of aliphatic hydroxyl groups is 1. The third-order valence-electron chi connectivity index (χ3n) is 3.03. The number of hydrogen-bond acceptors (Lipinski definition) is 1. The van der Waals surface area contributed by atoms with E-state index in [1.807, 2.05) is 0 Å². The molecule has 0 bridgehead atoms. The first-order valence-electron chi connectivity index (χ1n) is 4.27. The lowest BCUT2D eigenvalue weighted by molar-refractivity contribution is 0.00257. The van der Waals surface area contributed by atoms with E-state index in [9.17, 15) is 5.11 Å². The lowest BCUT2D eigenvalue weighted by Gasteiger charge is -2.33. The summed E-state index contributed by atoms with van der Waals surface area (Å²) < 4.78 is 0. The predicted molar refractivity (Wildman–Crippen MR) is 47.3 cm³/mol. The van der Waals surface area contributed by atoms with Crippen LogP contribution in [0.5, 0.6) is 0 Å². The molecule has 0 aliphatic heterocycles. The van der Waals surface area contributed by atoms with Gasteiger partial charge in [-0.05, 0) is 24.2 Å². The first kappa shape index (κ1) is 8.79. The van der Waals surface area contributed by atoms with Crippen molar-refractivity contribution in [2.75, 3.05) is 0 Å². The van der Waals surface area contributed by atoms with Crippen LogP contribution < -0.4 is 0 Å². The van der Waals surface area contributed by atoms with E-state index < -0.39 is 5.60 Å². The normalized spacial score (nSPS) is 42.4. The van der Waals surface area contributed by atoms with Crippen molar-refractivity contribution in [2.24, 2.45) is 11.3 Å². The molecule has 11 heavy (non-hydrogen) atoms. The van der Waals surface area contributed by atoms with Crippen molar-refractivity contribution in [3.8, 4) is 0 Å². The zero-order valence-corrected chi connectivity index (χ0v) is 7.72. The summed E-state index contributed by atoms with van der Waals surface area (Å²) in [5, 5.41) is 10.1. The van der Waals surface area contributed by atoms with Gasteiger partial charge in [-0.25, -0.2) is 0 Å². The van der Waals surface area contributed by atoms with Gasteiger partial charge in [0.1, 0.15) is 0 Å². The SMILES string of the molecule is C=CC1(O)CC(C)CC1(C)C. The molecule has 0 aromatic heterocycles. The van der Waals surface area contributed by atoms with Crippen molar-refractivity contribution < 1.29 is 5.11 Å². The van der Waals surface area contributed by atoms with Gasteiger partial charge in [-0.3, -0.25) is 0 Å². The molecule has 1 aliphatic rings. The summed E-state index contributed by atoms with van der Waals surface area (Å²) >= 11 is 0. The largest absolute Gasteiger partial charge is 0.385 e. The van der Waals surface area contributed by atoms with E-state index >= 15 is 0 Å². The third kappa shape index (κ3) is 1.22. The molecule has 2 unspecified atom stereocenters. The standard InChI is InChI=1S/C10H18O/c1-5-10(11)7-8(2)6-9(10,3)4/h5,8,11H,1,6-7H2,2-4H3. The second-order valence-corrected chi connectivity index (χ2v) is 4.53. The smallest absolute Gasteiger partial charge is 0.0878 e. The zero-order valence-electron chi connectivity index (χ0n) is 7.72. The Morgan fingerprint density at radius 3 is 2.18 bits per heavy atom. The van der Waals surface area contributed by atoms with E-state index in [1.54, 1.807) is 6.08 Å². The third-order valence-corrected chi connectivity index (χ3v) is 3.03. The van der Waals surface area contributed by atoms with Crippen LogP contribution >= 0.6 is 0 Å². The van der Waals surface area contributed by atoms with E-state index in [2.05, 4.69) is 27.4 Å². The Bertz CT molecular complexity index is 172. The summed E-state index contributed by atoms with van der Waals surface area (Å²) in [6, 6.07) is 0. The van der Waals surface area contributed by atoms with Crippen molar-refractivity contribution in [3.05, 3.63) is 12.7 Å². The molecule has 1 aliphatic carbocycles. The second-order valence-electron chi connectivity index (χ2n) is 4.53. The maximum atomic E-state index is 10.1. The molecular weight excluding hydrogens is 136 g/mol. The van der Waals surface area contributed by atoms with Crippen LogP contribution in [0.3, 0.4) is 0 Å². The summed E-state index contributed by atoms with van der Waals surface area (Å²) in [5.41, 5.74) is -0.624. The summed E-state index contributed by atoms with van der Waals surface area (Å²) in [6.07, 6.45) is 3.66. The minimum absolute atomic E-state index is 0.00810. The highest BCUT2D eigenvalue weighted by Gasteiger charge is 2.48. The summed E-state index contributed by atoms with van der Waals surface area (Å²) in [4.78, 5) is 0. The number of hydrogen-bond donors (Lipinski definition) is 1. The van der Waals surface area contributed by atoms with Crippen LogP contribution in [0.15, 0.2) is 12.7 Å². The van der Waals surface area contributed by atoms with Crippen molar-refractivity contribution in [1.82, 2.24) is 0 Å². The van der Waals surface area contributed by atoms with Gasteiger partial charge in [0.05, 0.1) is 5.60 Å². The topological polar surface area (TPSA) is 20.2 Å². The molecule has 1 saturated carbocycles. The minimum Gasteiger partial charge on any atom is -0.385 e. The van der Waals surface area contributed by atoms with Crippen LogP contribution in [0, 0.1) is 11.3 Å². The van der Waals surface area contributed by atoms with E-state index in [0.717, 1.165) is 12.8 Å². The molecule has 0 saturated heterocycles. The molecular formula is C10H18O. The average molecular weight is 154 g/mol. The molecule has 1 nitrogen and oxygen atoms in total. The maximum absolute atomic E-state index is 10.1. The highest BCUT2D eigenvalue weighted by atomic mass is 16.3. The van der Waals surface area contributed by atoms with E-state index in [1.165, 1.54) is 0 Å². The Balaban J connectivity index is 2.89. The van der Waals surface area contributed by atoms with Crippen LogP contribution in [0.25, 0.3) is 0 Å². The Morgan fingerprint density at radius 2 is 2.00 bits per heavy atom. The fraction of sp³-hybridized carbons (Fsp3) is 0.800. The molecule has 0 amide bonds. The monoisotopic (exact) mass is 154 g/mol. The van der Waals surface area contributed by atoms with Gasteiger partial charge in [0.15, 0.2) is 0 Å². The van der Waals surface area contributed by atoms with Crippen LogP contribution in [0.4, 0.5) is 0 Å². The zero-order chi connectivity index (χ0) is 8.70. The van der Waals surface area contributed by atoms with E-state index in [0.29, 0.717) is 5.92 Å². The lowest BCUT2D eigenvalue weighted by Crippen LogP contribution is -2.37. The van der Waals surface area contributed by atoms with Crippen molar-refractivity contribution in [2.45, 2.75) is 39.2 Å². The lowest BCUT2D eigenvalue weighted by atomic mass is 9.78. The van der Waals surface area contributed by atoms with Crippen molar-refractivity contribution >= 4 is 0 Å². The van der Waals surface area contributed by atoms with Crippen molar-refractivity contribution in [1.29, 1.82) is 0 Å². The van der Waals surface area contributed by atoms with Gasteiger partial charge < -0.3 is 5.11 Å². The molecule has 0 radical (unpaired) electrons. The highest BCUT2D eigenvalue weighted by Crippen LogP contribution is 2.49. The Labute approximate surface area is 69.1 Å². The van der Waals surface area contributed by atoms with Crippen LogP contribution in [0.1, 0.15) is 33.6 Å². The molecule has 0 aromatic carbocycles. The molecule has 0 spiro atoms. The Kier molecular flexibility index (Phi) is 1.87. The van der Waals surface area contributed by atoms with Gasteiger partial charge in [-0.1, -0.05) is 26.8 Å². The fourth-order valence-electron chi connectivity index (χ4n) is 2.29. The second kappa shape index (κ2) is 2.34. The molecule has 0 heterocycles. The van der Waals surface area contributed by atoms with Crippen LogP contribution in [-0.2, 0) is 0 Å². The summed E-state index contributed by atoms with van der Waals surface area (Å²) in [5.74, 6) is 0.619. The maximum Gasteiger partial charge on any atom is 0.0878 e. The van der Waals surface area contributed by atoms with Gasteiger partial charge in [0.25, 0.3) is 0 Å². The van der Waals surface area contributed by atoms with Crippen molar-refractivity contribution in [3.63, 3.8) is 0 Å². The quantitative estimate of drug-likeness (QED) is 0.575. The molecule has 1 rings (SSSR count). The molecule has 64 valence electrons. The van der Waals surface area contributed by atoms with E-state index in [-0.39, 0.29) is 5.41 Å². The Hall–Kier alpha value is -0.300. The first-order chi connectivity index (χ1) is 4.91. The van der Waals surface area contributed by atoms with Gasteiger partial charge >= 0.3 is 0 Å². The van der Waals surface area contributed by atoms with Crippen LogP contribution in [0.2, 0.25) is 0 Å². The molecule has 1 heteroatoms. The molecule has 2 atom stereocenters.